The molecule has 37 heavy (non-hydrogen) atoms. The first-order valence-electron chi connectivity index (χ1n) is 16.1. The van der Waals surface area contributed by atoms with E-state index in [0.717, 1.165) is 18.4 Å². The number of hydrogen-bond acceptors (Lipinski definition) is 4. The number of hydrogen-bond donors (Lipinski definition) is 1. The number of nitrogens with one attached hydrogen (secondary N) is 1. The predicted octanol–water partition coefficient (Wildman–Crippen LogP) is 5.95. The van der Waals surface area contributed by atoms with Gasteiger partial charge in [0.15, 0.2) is 0 Å². The number of aromatic nitrogens is 3. The van der Waals surface area contributed by atoms with Crippen LogP contribution in [0.3, 0.4) is 0 Å². The molecule has 4 unspecified atom stereocenters. The van der Waals surface area contributed by atoms with Crippen LogP contribution < -0.4 is 5.32 Å². The molecule has 1 saturated carbocycles. The van der Waals surface area contributed by atoms with Crippen LogP contribution in [0.1, 0.15) is 114 Å². The molecule has 1 amide bonds. The van der Waals surface area contributed by atoms with Gasteiger partial charge in [0.1, 0.15) is 11.6 Å². The summed E-state index contributed by atoms with van der Waals surface area (Å²) in [5, 5.41) is 11.5. The average molecular weight is 519 g/mol. The van der Waals surface area contributed by atoms with Gasteiger partial charge in [0.2, 0.25) is 11.8 Å². The smallest absolute Gasteiger partial charge is 0.248 e. The van der Waals surface area contributed by atoms with E-state index in [1.807, 2.05) is 46.7 Å². The van der Waals surface area contributed by atoms with E-state index < -0.39 is 37.1 Å². The van der Waals surface area contributed by atoms with Crippen LogP contribution in [0.5, 0.6) is 0 Å². The second-order valence-corrected chi connectivity index (χ2v) is 11.1. The fraction of sp³-hybridized carbons (Fsp3) is 0.690. The van der Waals surface area contributed by atoms with Crippen LogP contribution in [0.15, 0.2) is 30.3 Å². The van der Waals surface area contributed by atoms with Gasteiger partial charge in [-0.25, -0.2) is 8.78 Å². The molecule has 4 atom stereocenters. The minimum Gasteiger partial charge on any atom is -0.349 e. The number of carbonyl (C=O) groups excluding carboxylic acids is 1. The lowest BCUT2D eigenvalue weighted by molar-refractivity contribution is -0.130. The molecular formula is C29H41F2N5O. The highest BCUT2D eigenvalue weighted by molar-refractivity contribution is 5.79. The number of rotatable bonds is 8. The van der Waals surface area contributed by atoms with Crippen LogP contribution in [-0.4, -0.2) is 50.1 Å². The normalized spacial score (nSPS) is 30.4. The van der Waals surface area contributed by atoms with E-state index >= 15 is 0 Å². The van der Waals surface area contributed by atoms with Gasteiger partial charge in [0, 0.05) is 56.2 Å². The lowest BCUT2D eigenvalue weighted by atomic mass is 9.86. The second-order valence-electron chi connectivity index (χ2n) is 11.1. The van der Waals surface area contributed by atoms with Gasteiger partial charge >= 0.3 is 0 Å². The first kappa shape index (κ1) is 20.6. The van der Waals surface area contributed by atoms with Gasteiger partial charge in [-0.05, 0) is 57.4 Å². The zero-order valence-electron chi connectivity index (χ0n) is 26.7. The van der Waals surface area contributed by atoms with Crippen molar-refractivity contribution in [3.8, 4) is 0 Å². The van der Waals surface area contributed by atoms with E-state index in [-0.39, 0.29) is 56.1 Å². The molecule has 1 aromatic carbocycles. The van der Waals surface area contributed by atoms with Crippen LogP contribution in [0.2, 0.25) is 0 Å². The highest BCUT2D eigenvalue weighted by Gasteiger charge is 2.42. The van der Waals surface area contributed by atoms with E-state index in [0.29, 0.717) is 24.5 Å². The van der Waals surface area contributed by atoms with Crippen molar-refractivity contribution >= 4 is 5.91 Å². The molecule has 2 aromatic rings. The number of fused-ring (bicyclic) bond motifs is 2. The lowest BCUT2D eigenvalue weighted by Crippen LogP contribution is -2.45. The Labute approximate surface area is 226 Å². The summed E-state index contributed by atoms with van der Waals surface area (Å²) in [4.78, 5) is 15.2. The third-order valence-electron chi connectivity index (χ3n) is 8.44. The Kier molecular flexibility index (Phi) is 6.01. The van der Waals surface area contributed by atoms with Crippen molar-refractivity contribution in [1.29, 1.82) is 0 Å². The summed E-state index contributed by atoms with van der Waals surface area (Å²) in [6.45, 7) is -0.478. The van der Waals surface area contributed by atoms with Crippen molar-refractivity contribution in [1.82, 2.24) is 25.0 Å². The zero-order valence-corrected chi connectivity index (χ0v) is 21.7. The Morgan fingerprint density at radius 2 is 1.81 bits per heavy atom. The van der Waals surface area contributed by atoms with Crippen LogP contribution in [-0.2, 0) is 4.79 Å². The molecule has 2 saturated heterocycles. The topological polar surface area (TPSA) is 63.1 Å². The van der Waals surface area contributed by atoms with Gasteiger partial charge in [-0.15, -0.1) is 10.2 Å². The number of benzene rings is 1. The standard InChI is InChI=1S/C29H41F2N5O/c1-19(2)27-34-33-20(3)36(27)25-17-23-9-10-24(18-25)35(23)16-13-26(21-7-5-4-6-8-21)32-28(37)22-11-14-29(30,31)15-12-22/h4-8,19,22-26H,9-18H2,1-3H3,(H,32,37)/i1D3,16D2. The first-order valence-corrected chi connectivity index (χ1v) is 13.6. The van der Waals surface area contributed by atoms with Crippen LogP contribution in [0.4, 0.5) is 8.78 Å². The van der Waals surface area contributed by atoms with Crippen molar-refractivity contribution < 1.29 is 20.4 Å². The maximum atomic E-state index is 13.7. The molecule has 1 aliphatic carbocycles. The van der Waals surface area contributed by atoms with Crippen LogP contribution in [0.25, 0.3) is 0 Å². The molecule has 2 bridgehead atoms. The van der Waals surface area contributed by atoms with E-state index in [9.17, 15) is 16.3 Å². The molecule has 1 N–H and O–H groups in total. The molecule has 3 aliphatic rings. The number of amides is 1. The van der Waals surface area contributed by atoms with Gasteiger partial charge < -0.3 is 9.88 Å². The highest BCUT2D eigenvalue weighted by atomic mass is 19.3. The molecule has 202 valence electrons. The molecule has 0 spiro atoms. The average Bonchev–Trinajstić information content (AvgIpc) is 3.44. The molecule has 0 radical (unpaired) electrons. The minimum atomic E-state index is -2.73. The summed E-state index contributed by atoms with van der Waals surface area (Å²) in [5.74, 6) is -3.19. The Bertz CT molecular complexity index is 1230. The third-order valence-corrected chi connectivity index (χ3v) is 8.44. The maximum absolute atomic E-state index is 13.7. The van der Waals surface area contributed by atoms with Crippen molar-refractivity contribution in [3.63, 3.8) is 0 Å². The Hall–Kier alpha value is -2.35. The summed E-state index contributed by atoms with van der Waals surface area (Å²) in [5.41, 5.74) is 0.779. The van der Waals surface area contributed by atoms with E-state index in [4.69, 9.17) is 4.11 Å². The summed E-state index contributed by atoms with van der Waals surface area (Å²) < 4.78 is 71.6. The molecule has 3 heterocycles. The molecule has 5 rings (SSSR count). The fourth-order valence-corrected chi connectivity index (χ4v) is 6.48. The fourth-order valence-electron chi connectivity index (χ4n) is 6.48. The number of alkyl halides is 2. The largest absolute Gasteiger partial charge is 0.349 e. The molecule has 1 aromatic heterocycles. The molecule has 6 nitrogen and oxygen atoms in total. The first-order chi connectivity index (χ1) is 19.7. The number of aryl methyl sites for hydroxylation is 1. The van der Waals surface area contributed by atoms with Gasteiger partial charge in [-0.1, -0.05) is 44.1 Å². The Morgan fingerprint density at radius 3 is 2.46 bits per heavy atom. The number of piperidine rings is 1. The van der Waals surface area contributed by atoms with Gasteiger partial charge in [0.25, 0.3) is 0 Å². The third kappa shape index (κ3) is 5.74. The van der Waals surface area contributed by atoms with E-state index in [2.05, 4.69) is 15.5 Å². The minimum absolute atomic E-state index is 0.0241. The van der Waals surface area contributed by atoms with Gasteiger partial charge in [0.05, 0.1) is 6.04 Å². The van der Waals surface area contributed by atoms with Crippen molar-refractivity contribution in [2.24, 2.45) is 5.92 Å². The lowest BCUT2D eigenvalue weighted by Gasteiger charge is -2.40. The highest BCUT2D eigenvalue weighted by Crippen LogP contribution is 2.42. The molecule has 2 aliphatic heterocycles. The monoisotopic (exact) mass is 518 g/mol. The molecule has 3 fully saturated rings. The van der Waals surface area contributed by atoms with Crippen LogP contribution >= 0.6 is 0 Å². The zero-order chi connectivity index (χ0) is 30.4. The van der Waals surface area contributed by atoms with E-state index in [1.54, 1.807) is 6.92 Å². The summed E-state index contributed by atoms with van der Waals surface area (Å²) in [7, 11) is 0. The number of halogens is 2. The summed E-state index contributed by atoms with van der Waals surface area (Å²) >= 11 is 0. The maximum Gasteiger partial charge on any atom is 0.248 e. The predicted molar refractivity (Wildman–Crippen MR) is 139 cm³/mol. The molecule has 8 heteroatoms. The SMILES string of the molecule is [2H]C([2H])([2H])C(C)c1nnc(C)n1C1CC2CCC(C1)N2C([2H])([2H])CC(NC(=O)C1CCC(F)(F)CC1)c1ccccc1. The second kappa shape index (κ2) is 10.8. The van der Waals surface area contributed by atoms with Crippen molar-refractivity contribution in [3.05, 3.63) is 47.5 Å². The number of nitrogens with zero attached hydrogens (tertiary/aromatic N) is 4. The van der Waals surface area contributed by atoms with Gasteiger partial charge in [-0.2, -0.15) is 0 Å². The van der Waals surface area contributed by atoms with Crippen molar-refractivity contribution in [2.45, 2.75) is 114 Å². The van der Waals surface area contributed by atoms with Crippen LogP contribution in [0, 0.1) is 12.8 Å². The van der Waals surface area contributed by atoms with Gasteiger partial charge in [-0.3, -0.25) is 9.69 Å². The summed E-state index contributed by atoms with van der Waals surface area (Å²) in [6.07, 6.45) is 2.59. The molecular weight excluding hydrogens is 472 g/mol. The number of carbonyl (C=O) groups is 1. The Balaban J connectivity index is 1.33. The van der Waals surface area contributed by atoms with Crippen molar-refractivity contribution in [2.75, 3.05) is 6.50 Å². The Morgan fingerprint density at radius 1 is 1.14 bits per heavy atom. The van der Waals surface area contributed by atoms with E-state index in [1.165, 1.54) is 0 Å². The summed E-state index contributed by atoms with van der Waals surface area (Å²) in [6, 6.07) is 8.51. The quantitative estimate of drug-likeness (QED) is 0.469.